The van der Waals surface area contributed by atoms with Crippen molar-refractivity contribution in [2.24, 2.45) is 0 Å². The number of pyridine rings is 1. The zero-order valence-electron chi connectivity index (χ0n) is 13.9. The van der Waals surface area contributed by atoms with Crippen LogP contribution in [0.25, 0.3) is 22.2 Å². The van der Waals surface area contributed by atoms with Crippen LogP contribution in [0.3, 0.4) is 0 Å². The van der Waals surface area contributed by atoms with Gasteiger partial charge >= 0.3 is 0 Å². The molecule has 0 fully saturated rings. The molecule has 2 aliphatic rings. The zero-order valence-corrected chi connectivity index (χ0v) is 13.9. The Morgan fingerprint density at radius 2 is 1.84 bits per heavy atom. The van der Waals surface area contributed by atoms with Gasteiger partial charge in [0.25, 0.3) is 5.56 Å². The maximum atomic E-state index is 13.2. The number of aryl methyl sites for hydroxylation is 1. The Bertz CT molecular complexity index is 1060. The van der Waals surface area contributed by atoms with Crippen molar-refractivity contribution in [3.05, 3.63) is 76.5 Å². The minimum atomic E-state index is -0.253. The van der Waals surface area contributed by atoms with Gasteiger partial charge in [-0.2, -0.15) is 5.10 Å². The van der Waals surface area contributed by atoms with E-state index in [1.165, 1.54) is 12.1 Å². The molecule has 2 aliphatic heterocycles. The van der Waals surface area contributed by atoms with Gasteiger partial charge < -0.3 is 4.57 Å². The van der Waals surface area contributed by atoms with Crippen LogP contribution in [0.5, 0.6) is 0 Å². The molecule has 25 heavy (non-hydrogen) atoms. The van der Waals surface area contributed by atoms with Gasteiger partial charge in [0.2, 0.25) is 0 Å². The predicted octanol–water partition coefficient (Wildman–Crippen LogP) is 3.90. The number of fused-ring (bicyclic) bond motifs is 3. The van der Waals surface area contributed by atoms with E-state index in [1.54, 1.807) is 16.8 Å². The molecule has 0 saturated heterocycles. The lowest BCUT2D eigenvalue weighted by molar-refractivity contribution is 0.589. The number of aromatic nitrogens is 3. The van der Waals surface area contributed by atoms with Gasteiger partial charge in [-0.05, 0) is 30.2 Å². The van der Waals surface area contributed by atoms with Crippen LogP contribution in [-0.4, -0.2) is 14.3 Å². The van der Waals surface area contributed by atoms with Crippen LogP contribution in [0.1, 0.15) is 18.9 Å². The van der Waals surface area contributed by atoms with Crippen molar-refractivity contribution >= 4 is 10.9 Å². The maximum absolute atomic E-state index is 13.2. The molecule has 0 amide bonds. The van der Waals surface area contributed by atoms with Crippen molar-refractivity contribution in [1.82, 2.24) is 14.3 Å². The molecule has 2 aromatic rings. The normalized spacial score (nSPS) is 11.4. The van der Waals surface area contributed by atoms with Crippen molar-refractivity contribution in [3.63, 3.8) is 0 Å². The summed E-state index contributed by atoms with van der Waals surface area (Å²) in [7, 11) is 0. The number of rotatable bonds is 4. The van der Waals surface area contributed by atoms with E-state index in [0.29, 0.717) is 18.7 Å². The van der Waals surface area contributed by atoms with E-state index in [1.807, 2.05) is 42.0 Å². The van der Waals surface area contributed by atoms with E-state index in [4.69, 9.17) is 0 Å². The number of para-hydroxylation sites is 1. The Kier molecular flexibility index (Phi) is 3.84. The molecule has 0 atom stereocenters. The highest BCUT2D eigenvalue weighted by Crippen LogP contribution is 2.27. The highest BCUT2D eigenvalue weighted by atomic mass is 19.1. The summed E-state index contributed by atoms with van der Waals surface area (Å²) < 4.78 is 16.7. The first-order valence-corrected chi connectivity index (χ1v) is 8.40. The average molecular weight is 335 g/mol. The predicted molar refractivity (Wildman–Crippen MR) is 96.4 cm³/mol. The van der Waals surface area contributed by atoms with E-state index >= 15 is 0 Å². The minimum Gasteiger partial charge on any atom is -0.342 e. The smallest absolute Gasteiger partial charge is 0.277 e. The fourth-order valence-corrected chi connectivity index (χ4v) is 3.21. The summed E-state index contributed by atoms with van der Waals surface area (Å²) in [5.74, 6) is -0.253. The van der Waals surface area contributed by atoms with Crippen LogP contribution in [0.4, 0.5) is 4.39 Å². The van der Waals surface area contributed by atoms with Crippen LogP contribution in [0.2, 0.25) is 0 Å². The Morgan fingerprint density at radius 1 is 1.08 bits per heavy atom. The Morgan fingerprint density at radius 3 is 2.60 bits per heavy atom. The highest BCUT2D eigenvalue weighted by Gasteiger charge is 2.19. The third-order valence-electron chi connectivity index (χ3n) is 4.40. The summed E-state index contributed by atoms with van der Waals surface area (Å²) in [5.41, 5.74) is 3.28. The van der Waals surface area contributed by atoms with E-state index in [9.17, 15) is 9.18 Å². The van der Waals surface area contributed by atoms with Gasteiger partial charge in [-0.1, -0.05) is 37.3 Å². The van der Waals surface area contributed by atoms with Gasteiger partial charge in [-0.25, -0.2) is 9.07 Å². The fourth-order valence-electron chi connectivity index (χ4n) is 3.21. The van der Waals surface area contributed by atoms with Crippen LogP contribution in [0, 0.1) is 5.82 Å². The molecule has 0 saturated carbocycles. The maximum Gasteiger partial charge on any atom is 0.277 e. The number of halogens is 1. The lowest BCUT2D eigenvalue weighted by atomic mass is 10.1. The molecule has 2 heterocycles. The molecule has 4 nitrogen and oxygen atoms in total. The highest BCUT2D eigenvalue weighted by molar-refractivity contribution is 5.93. The topological polar surface area (TPSA) is 39.8 Å². The lowest BCUT2D eigenvalue weighted by Crippen LogP contribution is -2.16. The summed E-state index contributed by atoms with van der Waals surface area (Å²) >= 11 is 0. The van der Waals surface area contributed by atoms with Crippen molar-refractivity contribution in [2.75, 3.05) is 0 Å². The number of hydrogen-bond donors (Lipinski definition) is 0. The Labute approximate surface area is 144 Å². The standard InChI is InChI=1S/C20H18FN3O/c1-2-11-24-20(25)17-13-23(12-14-7-9-15(21)10-8-14)18-6-4-3-5-16(18)19(17)22-24/h3-10,13H,2,11-12H2,1H3. The van der Waals surface area contributed by atoms with Gasteiger partial charge in [0.05, 0.1) is 11.1 Å². The van der Waals surface area contributed by atoms with Crippen molar-refractivity contribution < 1.29 is 4.39 Å². The molecule has 0 spiro atoms. The van der Waals surface area contributed by atoms with Gasteiger partial charge in [0, 0.05) is 24.7 Å². The van der Waals surface area contributed by atoms with E-state index in [-0.39, 0.29) is 11.4 Å². The second kappa shape index (κ2) is 6.16. The average Bonchev–Trinajstić information content (AvgIpc) is 2.94. The molecule has 0 N–H and O–H groups in total. The quantitative estimate of drug-likeness (QED) is 0.567. The molecular formula is C20H18FN3O. The Balaban J connectivity index is 1.93. The van der Waals surface area contributed by atoms with Crippen LogP contribution >= 0.6 is 0 Å². The van der Waals surface area contributed by atoms with Crippen molar-refractivity contribution in [2.45, 2.75) is 26.4 Å². The first-order chi connectivity index (χ1) is 12.2. The monoisotopic (exact) mass is 335 g/mol. The lowest BCUT2D eigenvalue weighted by Gasteiger charge is -2.13. The van der Waals surface area contributed by atoms with Crippen molar-refractivity contribution in [3.8, 4) is 11.3 Å². The summed E-state index contributed by atoms with van der Waals surface area (Å²) in [5, 5.41) is 5.48. The van der Waals surface area contributed by atoms with Gasteiger partial charge in [-0.3, -0.25) is 4.79 Å². The minimum absolute atomic E-state index is 0.0598. The third kappa shape index (κ3) is 2.71. The largest absolute Gasteiger partial charge is 0.342 e. The molecule has 4 rings (SSSR count). The molecule has 5 heteroatoms. The molecule has 0 unspecified atom stereocenters. The number of nitrogens with zero attached hydrogens (tertiary/aromatic N) is 3. The van der Waals surface area contributed by atoms with Gasteiger partial charge in [-0.15, -0.1) is 0 Å². The molecule has 0 bridgehead atoms. The zero-order chi connectivity index (χ0) is 17.4. The molecule has 126 valence electrons. The molecule has 0 radical (unpaired) electrons. The van der Waals surface area contributed by atoms with Crippen molar-refractivity contribution in [1.29, 1.82) is 0 Å². The summed E-state index contributed by atoms with van der Waals surface area (Å²) in [4.78, 5) is 12.6. The SMILES string of the molecule is CCCn1nc2c3ccccc3n(Cc3ccc(F)cc3)cc-2c1=O. The third-order valence-corrected chi connectivity index (χ3v) is 4.40. The fraction of sp³-hybridized carbons (Fsp3) is 0.200. The Hall–Kier alpha value is -2.95. The first-order valence-electron chi connectivity index (χ1n) is 8.40. The van der Waals surface area contributed by atoms with E-state index < -0.39 is 0 Å². The molecule has 0 aromatic heterocycles. The van der Waals surface area contributed by atoms with E-state index in [0.717, 1.165) is 28.6 Å². The van der Waals surface area contributed by atoms with E-state index in [2.05, 4.69) is 5.10 Å². The van der Waals surface area contributed by atoms with Gasteiger partial charge in [0.1, 0.15) is 11.5 Å². The molecule has 0 aliphatic carbocycles. The van der Waals surface area contributed by atoms with Crippen LogP contribution in [0.15, 0.2) is 59.5 Å². The molecular weight excluding hydrogens is 317 g/mol. The second-order valence-electron chi connectivity index (χ2n) is 6.19. The van der Waals surface area contributed by atoms with Gasteiger partial charge in [0.15, 0.2) is 0 Å². The summed E-state index contributed by atoms with van der Waals surface area (Å²) in [6.07, 6.45) is 2.72. The summed E-state index contributed by atoms with van der Waals surface area (Å²) in [6.45, 7) is 3.20. The number of hydrogen-bond acceptors (Lipinski definition) is 2. The summed E-state index contributed by atoms with van der Waals surface area (Å²) in [6, 6.07) is 14.4. The number of benzene rings is 2. The first kappa shape index (κ1) is 15.6. The van der Waals surface area contributed by atoms with Crippen LogP contribution in [-0.2, 0) is 13.1 Å². The van der Waals surface area contributed by atoms with Crippen LogP contribution < -0.4 is 5.56 Å². The second-order valence-corrected chi connectivity index (χ2v) is 6.19. The molecule has 2 aromatic carbocycles.